The molecule has 1 saturated heterocycles. The van der Waals surface area contributed by atoms with Gasteiger partial charge < -0.3 is 14.8 Å². The number of hydrogen-bond donors (Lipinski definition) is 1. The quantitative estimate of drug-likeness (QED) is 0.615. The molecule has 0 radical (unpaired) electrons. The van der Waals surface area contributed by atoms with E-state index in [0.717, 1.165) is 4.70 Å². The summed E-state index contributed by atoms with van der Waals surface area (Å²) in [5, 5.41) is 3.63. The molecule has 162 valence electrons. The number of hydrogen-bond acceptors (Lipinski definition) is 7. The minimum Gasteiger partial charge on any atom is -0.486 e. The number of benzene rings is 2. The average molecular weight is 480 g/mol. The highest BCUT2D eigenvalue weighted by Crippen LogP contribution is 2.38. The SMILES string of the molecule is O=C(Nc1nc2cc3c(cc2s1)OCCO3)C1CCCN1S(=O)(=O)c1ccc(Cl)cc1. The van der Waals surface area contributed by atoms with Crippen molar-refractivity contribution in [3.8, 4) is 11.5 Å². The molecule has 2 aliphatic rings. The van der Waals surface area contributed by atoms with Gasteiger partial charge in [0.2, 0.25) is 15.9 Å². The van der Waals surface area contributed by atoms with Crippen LogP contribution in [0.2, 0.25) is 5.02 Å². The van der Waals surface area contributed by atoms with Gasteiger partial charge in [0.05, 0.1) is 15.1 Å². The molecule has 1 fully saturated rings. The van der Waals surface area contributed by atoms with Gasteiger partial charge in [0.1, 0.15) is 19.3 Å². The molecule has 5 rings (SSSR count). The minimum atomic E-state index is -3.81. The number of aromatic nitrogens is 1. The number of sulfonamides is 1. The van der Waals surface area contributed by atoms with Crippen molar-refractivity contribution in [1.82, 2.24) is 9.29 Å². The molecule has 3 aromatic rings. The summed E-state index contributed by atoms with van der Waals surface area (Å²) in [6.07, 6.45) is 1.05. The second-order valence-corrected chi connectivity index (χ2v) is 10.6. The number of nitrogens with one attached hydrogen (secondary N) is 1. The predicted molar refractivity (Wildman–Crippen MR) is 118 cm³/mol. The molecule has 2 aromatic carbocycles. The molecule has 0 spiro atoms. The van der Waals surface area contributed by atoms with E-state index in [1.165, 1.54) is 39.9 Å². The fourth-order valence-corrected chi connectivity index (χ4v) is 6.40. The van der Waals surface area contributed by atoms with E-state index >= 15 is 0 Å². The smallest absolute Gasteiger partial charge is 0.244 e. The van der Waals surface area contributed by atoms with Crippen LogP contribution in [0.3, 0.4) is 0 Å². The molecule has 0 aliphatic carbocycles. The summed E-state index contributed by atoms with van der Waals surface area (Å²) in [5.41, 5.74) is 0.682. The van der Waals surface area contributed by atoms with E-state index in [-0.39, 0.29) is 11.4 Å². The molecular weight excluding hydrogens is 462 g/mol. The number of anilines is 1. The fraction of sp³-hybridized carbons (Fsp3) is 0.300. The van der Waals surface area contributed by atoms with Crippen LogP contribution in [0, 0.1) is 0 Å². The monoisotopic (exact) mass is 479 g/mol. The highest BCUT2D eigenvalue weighted by Gasteiger charge is 2.39. The average Bonchev–Trinajstić information content (AvgIpc) is 3.39. The van der Waals surface area contributed by atoms with Crippen LogP contribution in [0.4, 0.5) is 5.13 Å². The van der Waals surface area contributed by atoms with Crippen molar-refractivity contribution in [3.05, 3.63) is 41.4 Å². The first kappa shape index (κ1) is 20.5. The third kappa shape index (κ3) is 3.84. The molecule has 1 N–H and O–H groups in total. The van der Waals surface area contributed by atoms with E-state index in [4.69, 9.17) is 21.1 Å². The van der Waals surface area contributed by atoms with Crippen LogP contribution in [0.15, 0.2) is 41.3 Å². The lowest BCUT2D eigenvalue weighted by atomic mass is 10.2. The van der Waals surface area contributed by atoms with Crippen molar-refractivity contribution in [2.45, 2.75) is 23.8 Å². The molecule has 3 heterocycles. The Kier molecular flexibility index (Phi) is 5.25. The van der Waals surface area contributed by atoms with Gasteiger partial charge in [0.15, 0.2) is 16.6 Å². The second-order valence-electron chi connectivity index (χ2n) is 7.20. The van der Waals surface area contributed by atoms with Gasteiger partial charge in [0.25, 0.3) is 0 Å². The second kappa shape index (κ2) is 7.94. The molecule has 1 unspecified atom stereocenters. The van der Waals surface area contributed by atoms with Gasteiger partial charge in [0, 0.05) is 23.7 Å². The number of thiazole rings is 1. The summed E-state index contributed by atoms with van der Waals surface area (Å²) in [5.74, 6) is 0.876. The van der Waals surface area contributed by atoms with Crippen LogP contribution in [0.1, 0.15) is 12.8 Å². The van der Waals surface area contributed by atoms with Gasteiger partial charge in [-0.15, -0.1) is 0 Å². The van der Waals surface area contributed by atoms with E-state index in [1.54, 1.807) is 6.07 Å². The number of rotatable bonds is 4. The summed E-state index contributed by atoms with van der Waals surface area (Å²) < 4.78 is 39.4. The van der Waals surface area contributed by atoms with Crippen molar-refractivity contribution in [2.75, 3.05) is 25.1 Å². The molecule has 0 bridgehead atoms. The Morgan fingerprint density at radius 2 is 1.87 bits per heavy atom. The summed E-state index contributed by atoms with van der Waals surface area (Å²) in [6.45, 7) is 1.25. The van der Waals surface area contributed by atoms with Crippen molar-refractivity contribution in [3.63, 3.8) is 0 Å². The van der Waals surface area contributed by atoms with Gasteiger partial charge in [-0.2, -0.15) is 4.31 Å². The van der Waals surface area contributed by atoms with Crippen LogP contribution in [-0.4, -0.2) is 49.4 Å². The molecule has 8 nitrogen and oxygen atoms in total. The normalized spacial score (nSPS) is 18.9. The van der Waals surface area contributed by atoms with Gasteiger partial charge in [-0.25, -0.2) is 13.4 Å². The maximum Gasteiger partial charge on any atom is 0.244 e. The third-order valence-corrected chi connectivity index (χ3v) is 8.32. The summed E-state index contributed by atoms with van der Waals surface area (Å²) >= 11 is 7.17. The van der Waals surface area contributed by atoms with Crippen molar-refractivity contribution in [1.29, 1.82) is 0 Å². The third-order valence-electron chi connectivity index (χ3n) is 5.21. The number of ether oxygens (including phenoxy) is 2. The lowest BCUT2D eigenvalue weighted by molar-refractivity contribution is -0.119. The predicted octanol–water partition coefficient (Wildman–Crippen LogP) is 3.51. The highest BCUT2D eigenvalue weighted by atomic mass is 35.5. The maximum absolute atomic E-state index is 13.1. The molecule has 11 heteroatoms. The van der Waals surface area contributed by atoms with E-state index in [1.807, 2.05) is 6.07 Å². The van der Waals surface area contributed by atoms with Gasteiger partial charge in [-0.05, 0) is 37.1 Å². The number of nitrogens with zero attached hydrogens (tertiary/aromatic N) is 2. The van der Waals surface area contributed by atoms with Crippen LogP contribution >= 0.6 is 22.9 Å². The standard InChI is InChI=1S/C20H18ClN3O5S2/c21-12-3-5-13(6-4-12)31(26,27)24-7-1-2-15(24)19(25)23-20-22-14-10-16-17(11-18(14)30-20)29-9-8-28-16/h3-6,10-11,15H,1-2,7-9H2,(H,22,23,25). The van der Waals surface area contributed by atoms with E-state index in [0.29, 0.717) is 53.2 Å². The van der Waals surface area contributed by atoms with Gasteiger partial charge in [-0.3, -0.25) is 4.79 Å². The van der Waals surface area contributed by atoms with E-state index in [9.17, 15) is 13.2 Å². The Balaban J connectivity index is 1.37. The fourth-order valence-electron chi connectivity index (χ4n) is 3.74. The number of halogens is 1. The highest BCUT2D eigenvalue weighted by molar-refractivity contribution is 7.89. The lowest BCUT2D eigenvalue weighted by Crippen LogP contribution is -2.43. The Morgan fingerprint density at radius 3 is 2.61 bits per heavy atom. The molecule has 0 saturated carbocycles. The molecule has 1 aromatic heterocycles. The Bertz CT molecular complexity index is 1220. The van der Waals surface area contributed by atoms with Crippen molar-refractivity contribution in [2.24, 2.45) is 0 Å². The largest absolute Gasteiger partial charge is 0.486 e. The van der Waals surface area contributed by atoms with Gasteiger partial charge >= 0.3 is 0 Å². The first-order valence-electron chi connectivity index (χ1n) is 9.70. The van der Waals surface area contributed by atoms with E-state index in [2.05, 4.69) is 10.3 Å². The van der Waals surface area contributed by atoms with Crippen LogP contribution < -0.4 is 14.8 Å². The van der Waals surface area contributed by atoms with E-state index < -0.39 is 22.0 Å². The summed E-state index contributed by atoms with van der Waals surface area (Å²) in [6, 6.07) is 8.76. The Hall–Kier alpha value is -2.40. The Labute approximate surface area is 187 Å². The lowest BCUT2D eigenvalue weighted by Gasteiger charge is -2.23. The molecule has 1 amide bonds. The summed E-state index contributed by atoms with van der Waals surface area (Å²) in [7, 11) is -3.81. The van der Waals surface area contributed by atoms with Crippen LogP contribution in [0.25, 0.3) is 10.2 Å². The minimum absolute atomic E-state index is 0.113. The molecule has 31 heavy (non-hydrogen) atoms. The molecule has 2 aliphatic heterocycles. The zero-order chi connectivity index (χ0) is 21.6. The Morgan fingerprint density at radius 1 is 1.16 bits per heavy atom. The van der Waals surface area contributed by atoms with Gasteiger partial charge in [-0.1, -0.05) is 22.9 Å². The zero-order valence-electron chi connectivity index (χ0n) is 16.2. The van der Waals surface area contributed by atoms with Crippen LogP contribution in [0.5, 0.6) is 11.5 Å². The first-order chi connectivity index (χ1) is 14.9. The molecular formula is C20H18ClN3O5S2. The number of amides is 1. The first-order valence-corrected chi connectivity index (χ1v) is 12.3. The zero-order valence-corrected chi connectivity index (χ0v) is 18.6. The number of fused-ring (bicyclic) bond motifs is 2. The molecule has 1 atom stereocenters. The number of carbonyl (C=O) groups is 1. The number of carbonyl (C=O) groups excluding carboxylic acids is 1. The van der Waals surface area contributed by atoms with Crippen LogP contribution in [-0.2, 0) is 14.8 Å². The summed E-state index contributed by atoms with van der Waals surface area (Å²) in [4.78, 5) is 17.5. The topological polar surface area (TPSA) is 97.8 Å². The maximum atomic E-state index is 13.1. The van der Waals surface area contributed by atoms with Crippen molar-refractivity contribution >= 4 is 54.2 Å². The van der Waals surface area contributed by atoms with Crippen molar-refractivity contribution < 1.29 is 22.7 Å².